The Morgan fingerprint density at radius 3 is 2.50 bits per heavy atom. The van der Waals surface area contributed by atoms with Crippen molar-refractivity contribution in [2.75, 3.05) is 26.4 Å². The van der Waals surface area contributed by atoms with Gasteiger partial charge >= 0.3 is 0 Å². The van der Waals surface area contributed by atoms with Gasteiger partial charge in [-0.1, -0.05) is 6.92 Å². The van der Waals surface area contributed by atoms with Crippen LogP contribution >= 0.6 is 0 Å². The SMILES string of the molecule is CCCOCCC(=O)COCC. The average molecular weight is 174 g/mol. The van der Waals surface area contributed by atoms with Crippen LogP contribution in [0.1, 0.15) is 26.7 Å². The molecular formula is C9H18O3. The molecule has 0 bridgehead atoms. The lowest BCUT2D eigenvalue weighted by Gasteiger charge is -2.01. The van der Waals surface area contributed by atoms with E-state index in [0.717, 1.165) is 13.0 Å². The predicted octanol–water partition coefficient (Wildman–Crippen LogP) is 1.41. The number of hydrogen-bond donors (Lipinski definition) is 0. The van der Waals surface area contributed by atoms with Crippen LogP contribution in [0.15, 0.2) is 0 Å². The normalized spacial score (nSPS) is 10.2. The molecule has 0 aliphatic carbocycles. The average Bonchev–Trinajstić information content (AvgIpc) is 2.09. The second-order valence-corrected chi connectivity index (χ2v) is 2.54. The zero-order valence-corrected chi connectivity index (χ0v) is 7.97. The molecule has 0 N–H and O–H groups in total. The van der Waals surface area contributed by atoms with Crippen molar-refractivity contribution in [3.8, 4) is 0 Å². The van der Waals surface area contributed by atoms with E-state index in [2.05, 4.69) is 0 Å². The first kappa shape index (κ1) is 11.6. The summed E-state index contributed by atoms with van der Waals surface area (Å²) in [5.74, 6) is 0.118. The molecule has 0 fully saturated rings. The molecule has 0 aliphatic rings. The highest BCUT2D eigenvalue weighted by molar-refractivity contribution is 5.79. The van der Waals surface area contributed by atoms with E-state index in [1.54, 1.807) is 0 Å². The third kappa shape index (κ3) is 7.69. The highest BCUT2D eigenvalue weighted by atomic mass is 16.5. The van der Waals surface area contributed by atoms with Crippen LogP contribution in [-0.4, -0.2) is 32.2 Å². The first-order valence-corrected chi connectivity index (χ1v) is 4.48. The summed E-state index contributed by atoms with van der Waals surface area (Å²) in [5.41, 5.74) is 0. The monoisotopic (exact) mass is 174 g/mol. The van der Waals surface area contributed by atoms with Gasteiger partial charge in [-0.05, 0) is 13.3 Å². The maximum atomic E-state index is 11.0. The van der Waals surface area contributed by atoms with Gasteiger partial charge in [0.1, 0.15) is 6.61 Å². The van der Waals surface area contributed by atoms with Crippen LogP contribution in [0.3, 0.4) is 0 Å². The van der Waals surface area contributed by atoms with Gasteiger partial charge in [0.2, 0.25) is 0 Å². The highest BCUT2D eigenvalue weighted by Gasteiger charge is 2.00. The second-order valence-electron chi connectivity index (χ2n) is 2.54. The van der Waals surface area contributed by atoms with Gasteiger partial charge in [-0.2, -0.15) is 0 Å². The first-order valence-electron chi connectivity index (χ1n) is 4.48. The summed E-state index contributed by atoms with van der Waals surface area (Å²) in [4.78, 5) is 11.0. The van der Waals surface area contributed by atoms with Crippen LogP contribution in [0.25, 0.3) is 0 Å². The Bertz CT molecular complexity index is 112. The van der Waals surface area contributed by atoms with E-state index in [0.29, 0.717) is 19.6 Å². The summed E-state index contributed by atoms with van der Waals surface area (Å²) < 4.78 is 10.1. The minimum atomic E-state index is 0.118. The Morgan fingerprint density at radius 2 is 1.92 bits per heavy atom. The van der Waals surface area contributed by atoms with E-state index in [1.165, 1.54) is 0 Å². The van der Waals surface area contributed by atoms with Crippen LogP contribution in [0, 0.1) is 0 Å². The zero-order chi connectivity index (χ0) is 9.23. The topological polar surface area (TPSA) is 35.5 Å². The van der Waals surface area contributed by atoms with Crippen molar-refractivity contribution in [2.45, 2.75) is 26.7 Å². The fraction of sp³-hybridized carbons (Fsp3) is 0.889. The van der Waals surface area contributed by atoms with Gasteiger partial charge in [-0.25, -0.2) is 0 Å². The Kier molecular flexibility index (Phi) is 8.39. The number of carbonyl (C=O) groups is 1. The number of hydrogen-bond acceptors (Lipinski definition) is 3. The Labute approximate surface area is 74.0 Å². The maximum Gasteiger partial charge on any atom is 0.160 e. The first-order chi connectivity index (χ1) is 5.81. The van der Waals surface area contributed by atoms with Gasteiger partial charge in [0, 0.05) is 19.6 Å². The fourth-order valence-electron chi connectivity index (χ4n) is 0.720. The summed E-state index contributed by atoms with van der Waals surface area (Å²) in [6, 6.07) is 0. The summed E-state index contributed by atoms with van der Waals surface area (Å²) in [6.07, 6.45) is 1.47. The smallest absolute Gasteiger partial charge is 0.160 e. The molecule has 3 heteroatoms. The van der Waals surface area contributed by atoms with Crippen molar-refractivity contribution >= 4 is 5.78 Å². The molecular weight excluding hydrogens is 156 g/mol. The van der Waals surface area contributed by atoms with Crippen molar-refractivity contribution in [3.05, 3.63) is 0 Å². The number of Topliss-reactive ketones (excluding diaryl/α,β-unsaturated/α-hetero) is 1. The molecule has 0 aromatic heterocycles. The maximum absolute atomic E-state index is 11.0. The molecule has 0 saturated carbocycles. The molecule has 3 nitrogen and oxygen atoms in total. The lowest BCUT2D eigenvalue weighted by atomic mass is 10.3. The van der Waals surface area contributed by atoms with Crippen LogP contribution in [0.5, 0.6) is 0 Å². The van der Waals surface area contributed by atoms with Crippen LogP contribution in [0.4, 0.5) is 0 Å². The molecule has 0 aliphatic heterocycles. The lowest BCUT2D eigenvalue weighted by molar-refractivity contribution is -0.124. The third-order valence-corrected chi connectivity index (χ3v) is 1.34. The van der Waals surface area contributed by atoms with Gasteiger partial charge in [0.25, 0.3) is 0 Å². The van der Waals surface area contributed by atoms with E-state index in [4.69, 9.17) is 9.47 Å². The highest BCUT2D eigenvalue weighted by Crippen LogP contribution is 1.88. The standard InChI is InChI=1S/C9H18O3/c1-3-6-12-7-5-9(10)8-11-4-2/h3-8H2,1-2H3. The molecule has 0 unspecified atom stereocenters. The minimum absolute atomic E-state index is 0.118. The second kappa shape index (κ2) is 8.68. The third-order valence-electron chi connectivity index (χ3n) is 1.34. The summed E-state index contributed by atoms with van der Waals surface area (Å²) >= 11 is 0. The summed E-state index contributed by atoms with van der Waals surface area (Å²) in [7, 11) is 0. The number of rotatable bonds is 8. The Balaban J connectivity index is 3.08. The molecule has 72 valence electrons. The van der Waals surface area contributed by atoms with Crippen molar-refractivity contribution in [3.63, 3.8) is 0 Å². The molecule has 0 aromatic carbocycles. The largest absolute Gasteiger partial charge is 0.381 e. The Morgan fingerprint density at radius 1 is 1.17 bits per heavy atom. The van der Waals surface area contributed by atoms with Crippen LogP contribution < -0.4 is 0 Å². The molecule has 12 heavy (non-hydrogen) atoms. The zero-order valence-electron chi connectivity index (χ0n) is 7.97. The van der Waals surface area contributed by atoms with Crippen molar-refractivity contribution in [1.82, 2.24) is 0 Å². The predicted molar refractivity (Wildman–Crippen MR) is 47.2 cm³/mol. The molecule has 0 aromatic rings. The van der Waals surface area contributed by atoms with E-state index in [-0.39, 0.29) is 12.4 Å². The minimum Gasteiger partial charge on any atom is -0.381 e. The fourth-order valence-corrected chi connectivity index (χ4v) is 0.720. The van der Waals surface area contributed by atoms with Crippen molar-refractivity contribution < 1.29 is 14.3 Å². The van der Waals surface area contributed by atoms with Crippen LogP contribution in [0.2, 0.25) is 0 Å². The summed E-state index contributed by atoms with van der Waals surface area (Å²) in [5, 5.41) is 0. The molecule has 0 rings (SSSR count). The number of ether oxygens (including phenoxy) is 2. The summed E-state index contributed by atoms with van der Waals surface area (Å²) in [6.45, 7) is 6.01. The van der Waals surface area contributed by atoms with E-state index >= 15 is 0 Å². The molecule has 0 radical (unpaired) electrons. The molecule has 0 amide bonds. The van der Waals surface area contributed by atoms with Gasteiger partial charge < -0.3 is 9.47 Å². The van der Waals surface area contributed by atoms with E-state index < -0.39 is 0 Å². The number of ketones is 1. The van der Waals surface area contributed by atoms with Gasteiger partial charge in [-0.3, -0.25) is 4.79 Å². The quantitative estimate of drug-likeness (QED) is 0.522. The molecule has 0 saturated heterocycles. The van der Waals surface area contributed by atoms with E-state index in [9.17, 15) is 4.79 Å². The lowest BCUT2D eigenvalue weighted by Crippen LogP contribution is -2.11. The Hall–Kier alpha value is -0.410. The molecule has 0 atom stereocenters. The van der Waals surface area contributed by atoms with Crippen molar-refractivity contribution in [1.29, 1.82) is 0 Å². The van der Waals surface area contributed by atoms with E-state index in [1.807, 2.05) is 13.8 Å². The molecule has 0 spiro atoms. The molecule has 0 heterocycles. The number of carbonyl (C=O) groups excluding carboxylic acids is 1. The van der Waals surface area contributed by atoms with Crippen LogP contribution in [-0.2, 0) is 14.3 Å². The van der Waals surface area contributed by atoms with Gasteiger partial charge in [0.15, 0.2) is 5.78 Å². The van der Waals surface area contributed by atoms with Gasteiger partial charge in [-0.15, -0.1) is 0 Å². The van der Waals surface area contributed by atoms with Gasteiger partial charge in [0.05, 0.1) is 6.61 Å². The van der Waals surface area contributed by atoms with Crippen molar-refractivity contribution in [2.24, 2.45) is 0 Å².